The van der Waals surface area contributed by atoms with Crippen molar-refractivity contribution >= 4 is 22.8 Å². The molecule has 33 heavy (non-hydrogen) atoms. The molecule has 4 heterocycles. The number of ether oxygens (including phenoxy) is 2. The molecule has 2 bridgehead atoms. The monoisotopic (exact) mass is 477 g/mol. The van der Waals surface area contributed by atoms with E-state index in [9.17, 15) is 9.35 Å². The van der Waals surface area contributed by atoms with Gasteiger partial charge in [-0.15, -0.1) is 0 Å². The first-order chi connectivity index (χ1) is 15.7. The van der Waals surface area contributed by atoms with Gasteiger partial charge in [0.15, 0.2) is 16.8 Å². The van der Waals surface area contributed by atoms with Crippen molar-refractivity contribution in [1.29, 1.82) is 0 Å². The van der Waals surface area contributed by atoms with Gasteiger partial charge in [0.2, 0.25) is 11.7 Å². The maximum Gasteiger partial charge on any atom is 0.224 e. The number of carbonyl (C=O) groups is 1. The van der Waals surface area contributed by atoms with Crippen LogP contribution in [0.5, 0.6) is 0 Å². The first-order valence-electron chi connectivity index (χ1n) is 12.2. The van der Waals surface area contributed by atoms with Gasteiger partial charge in [-0.1, -0.05) is 19.9 Å². The van der Waals surface area contributed by atoms with Crippen LogP contribution in [0.3, 0.4) is 0 Å². The lowest BCUT2D eigenvalue weighted by molar-refractivity contribution is -0.571. The van der Waals surface area contributed by atoms with E-state index in [-0.39, 0.29) is 23.8 Å². The number of fused-ring (bicyclic) bond motifs is 2. The summed E-state index contributed by atoms with van der Waals surface area (Å²) in [5.41, 5.74) is 0.0958. The highest BCUT2D eigenvalue weighted by Crippen LogP contribution is 2.60. The Bertz CT molecular complexity index is 897. The third kappa shape index (κ3) is 4.13. The number of benzene rings is 1. The van der Waals surface area contributed by atoms with Gasteiger partial charge in [0.25, 0.3) is 0 Å². The Hall–Kier alpha value is -1.16. The van der Waals surface area contributed by atoms with Crippen molar-refractivity contribution in [3.05, 3.63) is 24.3 Å². The van der Waals surface area contributed by atoms with E-state index in [2.05, 4.69) is 19.2 Å². The minimum Gasteiger partial charge on any atom is -0.612 e. The molecule has 1 aromatic carbocycles. The molecule has 8 heteroatoms. The number of hydrogen-bond donors (Lipinski definition) is 1. The molecule has 182 valence electrons. The van der Waals surface area contributed by atoms with E-state index >= 15 is 0 Å². The highest BCUT2D eigenvalue weighted by atomic mass is 32.2. The first-order valence-corrected chi connectivity index (χ1v) is 13.7. The van der Waals surface area contributed by atoms with Gasteiger partial charge in [-0.25, -0.2) is 9.78 Å². The van der Waals surface area contributed by atoms with E-state index in [1.165, 1.54) is 0 Å². The van der Waals surface area contributed by atoms with Crippen LogP contribution in [0.25, 0.3) is 0 Å². The maximum atomic E-state index is 12.7. The van der Waals surface area contributed by atoms with E-state index in [1.54, 1.807) is 24.5 Å². The fraction of sp³-hybridized carbons (Fsp3) is 0.720. The van der Waals surface area contributed by atoms with Gasteiger partial charge in [-0.3, -0.25) is 4.79 Å². The Morgan fingerprint density at radius 3 is 2.82 bits per heavy atom. The lowest BCUT2D eigenvalue weighted by Crippen LogP contribution is -2.70. The minimum atomic E-state index is -1.09. The van der Waals surface area contributed by atoms with Crippen molar-refractivity contribution in [3.63, 3.8) is 0 Å². The van der Waals surface area contributed by atoms with Crippen LogP contribution in [0.4, 0.5) is 5.69 Å². The van der Waals surface area contributed by atoms with Gasteiger partial charge in [-0.2, -0.15) is 0 Å². The molecular weight excluding hydrogens is 442 g/mol. The summed E-state index contributed by atoms with van der Waals surface area (Å²) < 4.78 is 24.7. The second-order valence-corrected chi connectivity index (χ2v) is 11.9. The summed E-state index contributed by atoms with van der Waals surface area (Å²) in [6.45, 7) is 6.45. The predicted octanol–water partition coefficient (Wildman–Crippen LogP) is 4.39. The third-order valence-corrected chi connectivity index (χ3v) is 9.32. The fourth-order valence-corrected chi connectivity index (χ4v) is 7.12. The number of hydrogen-bond acceptors (Lipinski definition) is 6. The molecule has 0 aromatic heterocycles. The topological polar surface area (TPSA) is 89.1 Å². The zero-order valence-corrected chi connectivity index (χ0v) is 20.7. The summed E-state index contributed by atoms with van der Waals surface area (Å²) in [6.07, 6.45) is 6.02. The summed E-state index contributed by atoms with van der Waals surface area (Å²) in [7, 11) is 0. The Kier molecular flexibility index (Phi) is 6.29. The average Bonchev–Trinajstić information content (AvgIpc) is 3.01. The van der Waals surface area contributed by atoms with Crippen molar-refractivity contribution < 1.29 is 28.6 Å². The molecule has 5 fully saturated rings. The molecule has 9 atom stereocenters. The summed E-state index contributed by atoms with van der Waals surface area (Å²) in [5, 5.41) is 2.93. The molecule has 7 nitrogen and oxygen atoms in total. The Labute approximate surface area is 199 Å². The lowest BCUT2D eigenvalue weighted by atomic mass is 9.57. The normalized spacial score (nSPS) is 42.8. The fourth-order valence-electron chi connectivity index (χ4n) is 6.56. The van der Waals surface area contributed by atoms with E-state index < -0.39 is 28.9 Å². The molecule has 1 spiro atoms. The highest BCUT2D eigenvalue weighted by molar-refractivity contribution is 7.90. The molecule has 6 rings (SSSR count). The van der Waals surface area contributed by atoms with Crippen molar-refractivity contribution in [3.8, 4) is 0 Å². The van der Waals surface area contributed by atoms with Gasteiger partial charge in [0, 0.05) is 30.5 Å². The Morgan fingerprint density at radius 1 is 1.21 bits per heavy atom. The van der Waals surface area contributed by atoms with Crippen molar-refractivity contribution in [2.75, 3.05) is 11.6 Å². The van der Waals surface area contributed by atoms with Crippen molar-refractivity contribution in [2.45, 2.75) is 88.0 Å². The molecule has 1 amide bonds. The van der Waals surface area contributed by atoms with Gasteiger partial charge in [0.1, 0.15) is 6.26 Å². The summed E-state index contributed by atoms with van der Waals surface area (Å²) in [5.74, 6) is 0.505. The van der Waals surface area contributed by atoms with Gasteiger partial charge in [-0.05, 0) is 73.7 Å². The van der Waals surface area contributed by atoms with Crippen LogP contribution in [0, 0.1) is 23.7 Å². The summed E-state index contributed by atoms with van der Waals surface area (Å²) in [4.78, 5) is 25.4. The molecule has 0 radical (unpaired) electrons. The number of nitrogens with one attached hydrogen (secondary N) is 1. The SMILES string of the molecule is C[C@H]1[C@@H](CCC(=O)Nc2cccc([S+](C)[O-])c2)O[C@@H]2O[C@]3(C)CC[C@H]4[C@H](C)CC[C@@H]1[C@@]24OO3. The molecule has 4 aliphatic heterocycles. The number of carbonyl (C=O) groups excluding carboxylic acids is 1. The second kappa shape index (κ2) is 8.81. The van der Waals surface area contributed by atoms with Crippen LogP contribution >= 0.6 is 0 Å². The smallest absolute Gasteiger partial charge is 0.224 e. The van der Waals surface area contributed by atoms with Crippen LogP contribution in [0.1, 0.15) is 59.3 Å². The quantitative estimate of drug-likeness (QED) is 0.500. The second-order valence-electron chi connectivity index (χ2n) is 10.5. The van der Waals surface area contributed by atoms with E-state index in [0.717, 1.165) is 25.7 Å². The third-order valence-electron chi connectivity index (χ3n) is 8.40. The highest BCUT2D eigenvalue weighted by Gasteiger charge is 2.69. The Balaban J connectivity index is 1.28. The van der Waals surface area contributed by atoms with Crippen LogP contribution in [-0.4, -0.2) is 40.5 Å². The molecule has 1 saturated carbocycles. The van der Waals surface area contributed by atoms with Crippen LogP contribution in [-0.2, 0) is 35.2 Å². The van der Waals surface area contributed by atoms with E-state index in [0.29, 0.717) is 35.3 Å². The molecule has 1 aromatic rings. The van der Waals surface area contributed by atoms with Crippen molar-refractivity contribution in [1.82, 2.24) is 0 Å². The predicted molar refractivity (Wildman–Crippen MR) is 123 cm³/mol. The van der Waals surface area contributed by atoms with E-state index in [4.69, 9.17) is 19.2 Å². The minimum absolute atomic E-state index is 0.0740. The molecule has 5 aliphatic rings. The van der Waals surface area contributed by atoms with Gasteiger partial charge in [0.05, 0.1) is 6.10 Å². The Morgan fingerprint density at radius 2 is 2.03 bits per heavy atom. The molecule has 1 unspecified atom stereocenters. The van der Waals surface area contributed by atoms with Crippen LogP contribution < -0.4 is 5.32 Å². The van der Waals surface area contributed by atoms with E-state index in [1.807, 2.05) is 13.0 Å². The van der Waals surface area contributed by atoms with Crippen LogP contribution in [0.15, 0.2) is 29.2 Å². The molecule has 4 saturated heterocycles. The van der Waals surface area contributed by atoms with Crippen molar-refractivity contribution in [2.24, 2.45) is 23.7 Å². The number of anilines is 1. The number of rotatable bonds is 5. The zero-order chi connectivity index (χ0) is 23.4. The standard InChI is InChI=1S/C25H35NO6S/c1-15-8-9-20-16(2)21(10-11-22(27)26-17-6-5-7-18(14-17)33(4)28)29-23-25(20)19(15)12-13-24(3,30-23)31-32-25/h5-7,14-16,19-21,23H,8-13H2,1-4H3,(H,26,27)/t15-,16-,19+,20+,21-,23-,24+,25-,33?/m1/s1. The zero-order valence-electron chi connectivity index (χ0n) is 19.9. The number of amides is 1. The molecule has 1 N–H and O–H groups in total. The summed E-state index contributed by atoms with van der Waals surface area (Å²) in [6, 6.07) is 7.17. The van der Waals surface area contributed by atoms with Gasteiger partial charge < -0.3 is 19.3 Å². The maximum absolute atomic E-state index is 12.7. The average molecular weight is 478 g/mol. The molecule has 1 aliphatic carbocycles. The van der Waals surface area contributed by atoms with Gasteiger partial charge >= 0.3 is 0 Å². The first kappa shape index (κ1) is 23.6. The largest absolute Gasteiger partial charge is 0.612 e. The lowest BCUT2D eigenvalue weighted by Gasteiger charge is -2.60. The summed E-state index contributed by atoms with van der Waals surface area (Å²) >= 11 is -1.09. The molecular formula is C25H35NO6S. The van der Waals surface area contributed by atoms with Crippen LogP contribution in [0.2, 0.25) is 0 Å².